The molecule has 1 aliphatic heterocycles. The summed E-state index contributed by atoms with van der Waals surface area (Å²) in [4.78, 5) is 15.7. The summed E-state index contributed by atoms with van der Waals surface area (Å²) in [6, 6.07) is 0. The number of hydrogen-bond acceptors (Lipinski definition) is 6. The van der Waals surface area contributed by atoms with Crippen LogP contribution >= 0.6 is 0 Å². The average Bonchev–Trinajstić information content (AvgIpc) is 2.83. The highest BCUT2D eigenvalue weighted by Crippen LogP contribution is 2.39. The lowest BCUT2D eigenvalue weighted by Gasteiger charge is -2.33. The van der Waals surface area contributed by atoms with Crippen LogP contribution in [0, 0.1) is 11.8 Å². The Bertz CT molecular complexity index is 715. The summed E-state index contributed by atoms with van der Waals surface area (Å²) < 4.78 is 1.79. The predicted octanol–water partition coefficient (Wildman–Crippen LogP) is 1.59. The molecule has 1 saturated heterocycles. The van der Waals surface area contributed by atoms with E-state index in [1.165, 1.54) is 38.5 Å². The van der Waals surface area contributed by atoms with Crippen LogP contribution in [0.1, 0.15) is 38.5 Å². The van der Waals surface area contributed by atoms with Crippen LogP contribution in [-0.2, 0) is 6.54 Å². The van der Waals surface area contributed by atoms with Gasteiger partial charge in [-0.05, 0) is 31.1 Å². The van der Waals surface area contributed by atoms with Gasteiger partial charge in [0.1, 0.15) is 6.33 Å². The lowest BCUT2D eigenvalue weighted by molar-refractivity contribution is 0.0820. The van der Waals surface area contributed by atoms with Crippen LogP contribution in [0.25, 0.3) is 11.2 Å². The van der Waals surface area contributed by atoms with Crippen molar-refractivity contribution in [3.05, 3.63) is 12.7 Å². The fourth-order valence-electron chi connectivity index (χ4n) is 4.23. The molecule has 0 amide bonds. The number of nitrogens with zero attached hydrogens (tertiary/aromatic N) is 5. The summed E-state index contributed by atoms with van der Waals surface area (Å²) in [5, 5.41) is 18.8. The smallest absolute Gasteiger partial charge is 0.165 e. The summed E-state index contributed by atoms with van der Waals surface area (Å²) in [5.74, 6) is 2.72. The molecule has 2 fully saturated rings. The molecular weight excluding hydrogens is 318 g/mol. The van der Waals surface area contributed by atoms with E-state index in [1.807, 2.05) is 0 Å². The second kappa shape index (κ2) is 7.25. The molecule has 25 heavy (non-hydrogen) atoms. The van der Waals surface area contributed by atoms with Gasteiger partial charge in [0.05, 0.1) is 25.6 Å². The third-order valence-electron chi connectivity index (χ3n) is 5.89. The van der Waals surface area contributed by atoms with Crippen LogP contribution in [0.15, 0.2) is 12.7 Å². The second-order valence-electron chi connectivity index (χ2n) is 7.47. The molecule has 7 heteroatoms. The number of anilines is 1. The van der Waals surface area contributed by atoms with Crippen LogP contribution in [0.5, 0.6) is 0 Å². The van der Waals surface area contributed by atoms with E-state index in [1.54, 1.807) is 17.2 Å². The molecule has 0 radical (unpaired) electrons. The van der Waals surface area contributed by atoms with Gasteiger partial charge in [-0.3, -0.25) is 0 Å². The molecule has 2 N–H and O–H groups in total. The molecule has 2 aliphatic rings. The van der Waals surface area contributed by atoms with Gasteiger partial charge >= 0.3 is 0 Å². The van der Waals surface area contributed by atoms with Crippen LogP contribution in [0.4, 0.5) is 5.82 Å². The van der Waals surface area contributed by atoms with Gasteiger partial charge in [0, 0.05) is 13.1 Å². The monoisotopic (exact) mass is 345 g/mol. The maximum Gasteiger partial charge on any atom is 0.165 e. The first kappa shape index (κ1) is 16.7. The molecular formula is C18H27N5O2. The van der Waals surface area contributed by atoms with Gasteiger partial charge in [-0.1, -0.05) is 19.3 Å². The highest BCUT2D eigenvalue weighted by atomic mass is 16.3. The molecule has 2 aromatic heterocycles. The van der Waals surface area contributed by atoms with E-state index in [0.29, 0.717) is 0 Å². The van der Waals surface area contributed by atoms with Gasteiger partial charge in [0.15, 0.2) is 17.0 Å². The highest BCUT2D eigenvalue weighted by Gasteiger charge is 2.29. The van der Waals surface area contributed by atoms with Crippen LogP contribution in [0.2, 0.25) is 0 Å². The fourth-order valence-corrected chi connectivity index (χ4v) is 4.23. The van der Waals surface area contributed by atoms with Crippen LogP contribution < -0.4 is 4.90 Å². The molecule has 136 valence electrons. The second-order valence-corrected chi connectivity index (χ2v) is 7.47. The maximum atomic E-state index is 9.70. The zero-order valence-corrected chi connectivity index (χ0v) is 14.6. The number of aromatic nitrogens is 4. The Balaban J connectivity index is 1.54. The van der Waals surface area contributed by atoms with Crippen molar-refractivity contribution >= 4 is 17.0 Å². The normalized spacial score (nSPS) is 23.4. The van der Waals surface area contributed by atoms with Crippen molar-refractivity contribution < 1.29 is 10.2 Å². The Morgan fingerprint density at radius 1 is 1.04 bits per heavy atom. The van der Waals surface area contributed by atoms with E-state index in [9.17, 15) is 5.11 Å². The van der Waals surface area contributed by atoms with E-state index in [-0.39, 0.29) is 13.2 Å². The minimum absolute atomic E-state index is 0.272. The minimum atomic E-state index is -0.808. The fraction of sp³-hybridized carbons (Fsp3) is 0.722. The van der Waals surface area contributed by atoms with Gasteiger partial charge in [0.25, 0.3) is 0 Å². The lowest BCUT2D eigenvalue weighted by Crippen LogP contribution is -2.27. The SMILES string of the molecule is OC[C@@H](O)Cn1cnc2c(N3CCCC(C4CCC4)CC3)ncnc21. The van der Waals surface area contributed by atoms with Crippen molar-refractivity contribution in [1.29, 1.82) is 0 Å². The molecule has 2 atom stereocenters. The van der Waals surface area contributed by atoms with E-state index in [4.69, 9.17) is 5.11 Å². The number of hydrogen-bond donors (Lipinski definition) is 2. The molecule has 0 spiro atoms. The number of aliphatic hydroxyl groups excluding tert-OH is 2. The zero-order chi connectivity index (χ0) is 17.2. The van der Waals surface area contributed by atoms with E-state index >= 15 is 0 Å². The third kappa shape index (κ3) is 3.35. The summed E-state index contributed by atoms with van der Waals surface area (Å²) in [6.45, 7) is 2.06. The van der Waals surface area contributed by atoms with Crippen LogP contribution in [-0.4, -0.2) is 55.5 Å². The third-order valence-corrected chi connectivity index (χ3v) is 5.89. The Morgan fingerprint density at radius 2 is 1.84 bits per heavy atom. The Morgan fingerprint density at radius 3 is 2.60 bits per heavy atom. The van der Waals surface area contributed by atoms with Crippen molar-refractivity contribution in [2.24, 2.45) is 11.8 Å². The van der Waals surface area contributed by atoms with Crippen LogP contribution in [0.3, 0.4) is 0 Å². The van der Waals surface area contributed by atoms with Crippen molar-refractivity contribution in [3.63, 3.8) is 0 Å². The van der Waals surface area contributed by atoms with E-state index < -0.39 is 6.10 Å². The van der Waals surface area contributed by atoms with E-state index in [2.05, 4.69) is 19.9 Å². The van der Waals surface area contributed by atoms with Gasteiger partial charge in [-0.15, -0.1) is 0 Å². The Kier molecular flexibility index (Phi) is 4.85. The first-order valence-electron chi connectivity index (χ1n) is 9.46. The molecule has 4 rings (SSSR count). The number of rotatable bonds is 5. The summed E-state index contributed by atoms with van der Waals surface area (Å²) in [6.07, 6.45) is 10.5. The Hall–Kier alpha value is -1.73. The molecule has 0 aromatic carbocycles. The first-order valence-corrected chi connectivity index (χ1v) is 9.46. The van der Waals surface area contributed by atoms with Crippen molar-refractivity contribution in [3.8, 4) is 0 Å². The van der Waals surface area contributed by atoms with Crippen molar-refractivity contribution in [2.45, 2.75) is 51.2 Å². The van der Waals surface area contributed by atoms with Crippen molar-refractivity contribution in [2.75, 3.05) is 24.6 Å². The highest BCUT2D eigenvalue weighted by molar-refractivity contribution is 5.83. The lowest BCUT2D eigenvalue weighted by atomic mass is 9.73. The van der Waals surface area contributed by atoms with Gasteiger partial charge in [-0.25, -0.2) is 15.0 Å². The number of fused-ring (bicyclic) bond motifs is 1. The molecule has 2 aromatic rings. The standard InChI is InChI=1S/C18H27N5O2/c24-10-15(25)9-23-12-21-16-17(19-11-20-18(16)23)22-7-2-5-14(6-8-22)13-3-1-4-13/h11-15,24-25H,1-10H2/t14?,15-/m0/s1. The average molecular weight is 345 g/mol. The summed E-state index contributed by atoms with van der Waals surface area (Å²) in [5.41, 5.74) is 1.51. The molecule has 1 aliphatic carbocycles. The van der Waals surface area contributed by atoms with Gasteiger partial charge < -0.3 is 19.7 Å². The zero-order valence-electron chi connectivity index (χ0n) is 14.6. The van der Waals surface area contributed by atoms with Crippen molar-refractivity contribution in [1.82, 2.24) is 19.5 Å². The minimum Gasteiger partial charge on any atom is -0.394 e. The maximum absolute atomic E-state index is 9.70. The molecule has 1 unspecified atom stereocenters. The van der Waals surface area contributed by atoms with Gasteiger partial charge in [-0.2, -0.15) is 0 Å². The van der Waals surface area contributed by atoms with Gasteiger partial charge in [0.2, 0.25) is 0 Å². The molecule has 0 bridgehead atoms. The number of aliphatic hydroxyl groups is 2. The predicted molar refractivity (Wildman–Crippen MR) is 95.3 cm³/mol. The topological polar surface area (TPSA) is 87.3 Å². The van der Waals surface area contributed by atoms with E-state index in [0.717, 1.165) is 41.9 Å². The molecule has 7 nitrogen and oxygen atoms in total. The quantitative estimate of drug-likeness (QED) is 0.856. The number of imidazole rings is 1. The first-order chi connectivity index (χ1) is 12.3. The summed E-state index contributed by atoms with van der Waals surface area (Å²) in [7, 11) is 0. The Labute approximate surface area is 147 Å². The summed E-state index contributed by atoms with van der Waals surface area (Å²) >= 11 is 0. The molecule has 1 saturated carbocycles. The largest absolute Gasteiger partial charge is 0.394 e. The molecule has 3 heterocycles.